The molecule has 0 fully saturated rings. The molecule has 0 unspecified atom stereocenters. The van der Waals surface area contributed by atoms with Crippen molar-refractivity contribution in [2.75, 3.05) is 18.5 Å². The summed E-state index contributed by atoms with van der Waals surface area (Å²) in [7, 11) is 0. The number of rotatable bonds is 8. The van der Waals surface area contributed by atoms with Crippen LogP contribution in [0.1, 0.15) is 18.9 Å². The molecule has 0 saturated carbocycles. The Labute approximate surface area is 147 Å². The minimum absolute atomic E-state index is 0. The Morgan fingerprint density at radius 2 is 1.83 bits per heavy atom. The van der Waals surface area contributed by atoms with Crippen LogP contribution in [0.25, 0.3) is 0 Å². The third-order valence-electron chi connectivity index (χ3n) is 3.27. The van der Waals surface area contributed by atoms with Gasteiger partial charge in [-0.3, -0.25) is 4.79 Å². The first-order valence-corrected chi connectivity index (χ1v) is 7.66. The van der Waals surface area contributed by atoms with Gasteiger partial charge in [0.05, 0.1) is 13.0 Å². The zero-order valence-electron chi connectivity index (χ0n) is 13.5. The number of hydrogen-bond acceptors (Lipinski definition) is 3. The molecule has 0 spiro atoms. The van der Waals surface area contributed by atoms with E-state index in [1.165, 1.54) is 12.1 Å². The SMILES string of the molecule is CCNCc1ccccc1NC(=O)CCOc1ccc(F)cc1.Cl. The minimum Gasteiger partial charge on any atom is -0.493 e. The second-order valence-electron chi connectivity index (χ2n) is 5.04. The molecule has 6 heteroatoms. The first-order valence-electron chi connectivity index (χ1n) is 7.66. The number of ether oxygens (including phenoxy) is 1. The zero-order valence-corrected chi connectivity index (χ0v) is 14.4. The van der Waals surface area contributed by atoms with Gasteiger partial charge in [0, 0.05) is 12.2 Å². The topological polar surface area (TPSA) is 50.4 Å². The fourth-order valence-electron chi connectivity index (χ4n) is 2.06. The normalized spacial score (nSPS) is 9.92. The molecular formula is C18H22ClFN2O2. The van der Waals surface area contributed by atoms with Gasteiger partial charge in [0.25, 0.3) is 0 Å². The van der Waals surface area contributed by atoms with Gasteiger partial charge in [0.2, 0.25) is 5.91 Å². The van der Waals surface area contributed by atoms with E-state index in [9.17, 15) is 9.18 Å². The smallest absolute Gasteiger partial charge is 0.227 e. The van der Waals surface area contributed by atoms with Crippen LogP contribution in [-0.2, 0) is 11.3 Å². The lowest BCUT2D eigenvalue weighted by molar-refractivity contribution is -0.116. The number of carbonyl (C=O) groups is 1. The van der Waals surface area contributed by atoms with Crippen molar-refractivity contribution in [3.63, 3.8) is 0 Å². The lowest BCUT2D eigenvalue weighted by atomic mass is 10.1. The molecule has 2 N–H and O–H groups in total. The molecule has 0 aliphatic carbocycles. The largest absolute Gasteiger partial charge is 0.493 e. The van der Waals surface area contributed by atoms with E-state index in [1.54, 1.807) is 12.1 Å². The molecule has 4 nitrogen and oxygen atoms in total. The Bertz CT molecular complexity index is 635. The third kappa shape index (κ3) is 6.56. The van der Waals surface area contributed by atoms with Crippen LogP contribution in [0.15, 0.2) is 48.5 Å². The summed E-state index contributed by atoms with van der Waals surface area (Å²) in [6, 6.07) is 13.4. The molecule has 0 atom stereocenters. The predicted molar refractivity (Wildman–Crippen MR) is 96.2 cm³/mol. The molecule has 130 valence electrons. The van der Waals surface area contributed by atoms with Crippen LogP contribution in [0.3, 0.4) is 0 Å². The molecule has 0 aromatic heterocycles. The van der Waals surface area contributed by atoms with E-state index in [2.05, 4.69) is 10.6 Å². The van der Waals surface area contributed by atoms with Gasteiger partial charge < -0.3 is 15.4 Å². The van der Waals surface area contributed by atoms with E-state index >= 15 is 0 Å². The molecule has 24 heavy (non-hydrogen) atoms. The number of nitrogens with one attached hydrogen (secondary N) is 2. The number of anilines is 1. The van der Waals surface area contributed by atoms with E-state index in [0.29, 0.717) is 12.3 Å². The van der Waals surface area contributed by atoms with E-state index in [1.807, 2.05) is 31.2 Å². The number of halogens is 2. The van der Waals surface area contributed by atoms with Crippen LogP contribution in [0, 0.1) is 5.82 Å². The summed E-state index contributed by atoms with van der Waals surface area (Å²) in [4.78, 5) is 12.0. The van der Waals surface area contributed by atoms with E-state index in [4.69, 9.17) is 4.74 Å². The number of amides is 1. The molecule has 0 saturated heterocycles. The lowest BCUT2D eigenvalue weighted by Gasteiger charge is -2.11. The van der Waals surface area contributed by atoms with Gasteiger partial charge in [0.15, 0.2) is 0 Å². The number of hydrogen-bond donors (Lipinski definition) is 2. The highest BCUT2D eigenvalue weighted by Gasteiger charge is 2.06. The highest BCUT2D eigenvalue weighted by molar-refractivity contribution is 5.91. The van der Waals surface area contributed by atoms with Crippen LogP contribution in [0.4, 0.5) is 10.1 Å². The van der Waals surface area contributed by atoms with Gasteiger partial charge in [0.1, 0.15) is 11.6 Å². The fraction of sp³-hybridized carbons (Fsp3) is 0.278. The van der Waals surface area contributed by atoms with Gasteiger partial charge in [-0.15, -0.1) is 12.4 Å². The van der Waals surface area contributed by atoms with Gasteiger partial charge >= 0.3 is 0 Å². The summed E-state index contributed by atoms with van der Waals surface area (Å²) in [6.07, 6.45) is 0.229. The second kappa shape index (κ2) is 10.6. The molecule has 1 amide bonds. The molecule has 2 aromatic carbocycles. The average Bonchev–Trinajstić information content (AvgIpc) is 2.56. The zero-order chi connectivity index (χ0) is 16.5. The Morgan fingerprint density at radius 3 is 2.54 bits per heavy atom. The van der Waals surface area contributed by atoms with Crippen molar-refractivity contribution in [1.29, 1.82) is 0 Å². The highest BCUT2D eigenvalue weighted by Crippen LogP contribution is 2.15. The van der Waals surface area contributed by atoms with Crippen molar-refractivity contribution >= 4 is 24.0 Å². The summed E-state index contributed by atoms with van der Waals surface area (Å²) < 4.78 is 18.2. The van der Waals surface area contributed by atoms with Crippen LogP contribution in [0.5, 0.6) is 5.75 Å². The molecule has 2 rings (SSSR count). The number of carbonyl (C=O) groups excluding carboxylic acids is 1. The van der Waals surface area contributed by atoms with Crippen molar-refractivity contribution in [1.82, 2.24) is 5.32 Å². The number of benzene rings is 2. The van der Waals surface area contributed by atoms with Crippen molar-refractivity contribution in [2.24, 2.45) is 0 Å². The van der Waals surface area contributed by atoms with Crippen molar-refractivity contribution in [3.8, 4) is 5.75 Å². The van der Waals surface area contributed by atoms with Crippen LogP contribution in [0.2, 0.25) is 0 Å². The summed E-state index contributed by atoms with van der Waals surface area (Å²) in [5, 5.41) is 6.14. The maximum Gasteiger partial charge on any atom is 0.227 e. The Morgan fingerprint density at radius 1 is 1.12 bits per heavy atom. The maximum atomic E-state index is 12.8. The first kappa shape index (κ1) is 19.9. The maximum absolute atomic E-state index is 12.8. The van der Waals surface area contributed by atoms with E-state index < -0.39 is 0 Å². The van der Waals surface area contributed by atoms with Gasteiger partial charge in [-0.05, 0) is 42.4 Å². The van der Waals surface area contributed by atoms with Gasteiger partial charge in [-0.1, -0.05) is 25.1 Å². The van der Waals surface area contributed by atoms with Crippen molar-refractivity contribution in [3.05, 3.63) is 59.9 Å². The number of para-hydroxylation sites is 1. The highest BCUT2D eigenvalue weighted by atomic mass is 35.5. The average molecular weight is 353 g/mol. The monoisotopic (exact) mass is 352 g/mol. The molecule has 2 aromatic rings. The fourth-order valence-corrected chi connectivity index (χ4v) is 2.06. The van der Waals surface area contributed by atoms with Crippen LogP contribution < -0.4 is 15.4 Å². The third-order valence-corrected chi connectivity index (χ3v) is 3.27. The van der Waals surface area contributed by atoms with Gasteiger partial charge in [-0.25, -0.2) is 4.39 Å². The lowest BCUT2D eigenvalue weighted by Crippen LogP contribution is -2.18. The summed E-state index contributed by atoms with van der Waals surface area (Å²) in [6.45, 7) is 3.85. The molecule has 0 heterocycles. The predicted octanol–water partition coefficient (Wildman–Crippen LogP) is 3.76. The summed E-state index contributed by atoms with van der Waals surface area (Å²) >= 11 is 0. The second-order valence-corrected chi connectivity index (χ2v) is 5.04. The molecule has 0 radical (unpaired) electrons. The van der Waals surface area contributed by atoms with Crippen LogP contribution in [-0.4, -0.2) is 19.1 Å². The summed E-state index contributed by atoms with van der Waals surface area (Å²) in [5.74, 6) is 0.121. The van der Waals surface area contributed by atoms with Gasteiger partial charge in [-0.2, -0.15) is 0 Å². The standard InChI is InChI=1S/C18H21FN2O2.ClH/c1-2-20-13-14-5-3-4-6-17(14)21-18(22)11-12-23-16-9-7-15(19)8-10-16;/h3-10,20H,2,11-13H2,1H3,(H,21,22);1H. The van der Waals surface area contributed by atoms with E-state index in [0.717, 1.165) is 17.8 Å². The van der Waals surface area contributed by atoms with Crippen LogP contribution >= 0.6 is 12.4 Å². The molecule has 0 aliphatic rings. The van der Waals surface area contributed by atoms with E-state index in [-0.39, 0.29) is 37.2 Å². The quantitative estimate of drug-likeness (QED) is 0.760. The molecule has 0 bridgehead atoms. The minimum atomic E-state index is -0.313. The van der Waals surface area contributed by atoms with Crippen molar-refractivity contribution in [2.45, 2.75) is 19.9 Å². The first-order chi connectivity index (χ1) is 11.2. The van der Waals surface area contributed by atoms with Crippen molar-refractivity contribution < 1.29 is 13.9 Å². The Balaban J connectivity index is 0.00000288. The summed E-state index contributed by atoms with van der Waals surface area (Å²) in [5.41, 5.74) is 1.85. The molecule has 0 aliphatic heterocycles. The Hall–Kier alpha value is -2.11. The molecular weight excluding hydrogens is 331 g/mol. The Kier molecular flexibility index (Phi) is 8.83.